The number of rotatable bonds is 8. The Hall–Kier alpha value is -2.29. The van der Waals surface area contributed by atoms with Gasteiger partial charge in [0.25, 0.3) is 0 Å². The summed E-state index contributed by atoms with van der Waals surface area (Å²) >= 11 is 0. The van der Waals surface area contributed by atoms with Crippen LogP contribution in [-0.4, -0.2) is 40.1 Å². The minimum atomic E-state index is -3.44. The number of benzene rings is 1. The highest BCUT2D eigenvalue weighted by Crippen LogP contribution is 2.60. The number of nitrogens with one attached hydrogen (secondary N) is 3. The molecule has 0 saturated heterocycles. The van der Waals surface area contributed by atoms with Gasteiger partial charge < -0.3 is 15.4 Å². The van der Waals surface area contributed by atoms with Gasteiger partial charge >= 0.3 is 0 Å². The molecule has 0 aliphatic heterocycles. The maximum atomic E-state index is 13.0. The minimum Gasteiger partial charge on any atom is -0.494 e. The number of anilines is 2. The molecule has 4 fully saturated rings. The number of sulfonamides is 1. The second kappa shape index (κ2) is 8.33. The molecule has 31 heavy (non-hydrogen) atoms. The summed E-state index contributed by atoms with van der Waals surface area (Å²) in [4.78, 5) is 25.3. The van der Waals surface area contributed by atoms with Gasteiger partial charge in [0, 0.05) is 30.1 Å². The molecule has 3 N–H and O–H groups in total. The van der Waals surface area contributed by atoms with Crippen molar-refractivity contribution in [1.29, 1.82) is 0 Å². The van der Waals surface area contributed by atoms with Gasteiger partial charge in [-0.3, -0.25) is 14.3 Å². The standard InChI is InChI=1S/C22H31N3O5S/c1-30-19-10-17(3-4-18(19)25-31(2,28)29)24-20(26)5-6-23-21(27)22-11-14-7-15(12-22)9-16(8-14)13-22/h3-4,10,14-16,25H,5-9,11-13H2,1-2H3,(H,23,27)(H,24,26). The summed E-state index contributed by atoms with van der Waals surface area (Å²) in [6, 6.07) is 4.69. The van der Waals surface area contributed by atoms with Crippen molar-refractivity contribution in [3.8, 4) is 5.75 Å². The molecular weight excluding hydrogens is 418 g/mol. The van der Waals surface area contributed by atoms with Crippen LogP contribution in [0.25, 0.3) is 0 Å². The SMILES string of the molecule is COc1cc(NC(=O)CCNC(=O)C23CC4CC(CC(C4)C2)C3)ccc1NS(C)(=O)=O. The lowest BCUT2D eigenvalue weighted by Gasteiger charge is -2.55. The largest absolute Gasteiger partial charge is 0.494 e. The number of amides is 2. The minimum absolute atomic E-state index is 0.122. The molecule has 0 heterocycles. The van der Waals surface area contributed by atoms with Gasteiger partial charge in [0.2, 0.25) is 21.8 Å². The Labute approximate surface area is 183 Å². The van der Waals surface area contributed by atoms with Crippen molar-refractivity contribution in [3.05, 3.63) is 18.2 Å². The number of ether oxygens (including phenoxy) is 1. The molecular formula is C22H31N3O5S. The Morgan fingerprint density at radius 2 is 1.71 bits per heavy atom. The maximum Gasteiger partial charge on any atom is 0.229 e. The van der Waals surface area contributed by atoms with Gasteiger partial charge in [0.05, 0.1) is 19.1 Å². The molecule has 0 radical (unpaired) electrons. The molecule has 1 aromatic rings. The third kappa shape index (κ3) is 4.97. The first-order valence-electron chi connectivity index (χ1n) is 10.9. The Morgan fingerprint density at radius 1 is 1.10 bits per heavy atom. The second-order valence-electron chi connectivity index (χ2n) is 9.54. The average molecular weight is 450 g/mol. The van der Waals surface area contributed by atoms with E-state index in [-0.39, 0.29) is 23.7 Å². The molecule has 4 aliphatic carbocycles. The van der Waals surface area contributed by atoms with E-state index >= 15 is 0 Å². The highest BCUT2D eigenvalue weighted by Gasteiger charge is 2.54. The van der Waals surface area contributed by atoms with Gasteiger partial charge in [-0.2, -0.15) is 0 Å². The number of methoxy groups -OCH3 is 1. The molecule has 5 rings (SSSR count). The van der Waals surface area contributed by atoms with E-state index in [1.807, 2.05) is 0 Å². The molecule has 0 spiro atoms. The summed E-state index contributed by atoms with van der Waals surface area (Å²) < 4.78 is 30.4. The van der Waals surface area contributed by atoms with Crippen molar-refractivity contribution in [3.63, 3.8) is 0 Å². The van der Waals surface area contributed by atoms with Crippen LogP contribution in [0.4, 0.5) is 11.4 Å². The zero-order valence-corrected chi connectivity index (χ0v) is 18.9. The Balaban J connectivity index is 1.28. The van der Waals surface area contributed by atoms with E-state index in [1.165, 1.54) is 32.4 Å². The van der Waals surface area contributed by atoms with Crippen molar-refractivity contribution in [2.75, 3.05) is 29.9 Å². The van der Waals surface area contributed by atoms with Crippen LogP contribution in [0.1, 0.15) is 44.9 Å². The first-order valence-corrected chi connectivity index (χ1v) is 12.8. The molecule has 9 heteroatoms. The molecule has 4 saturated carbocycles. The molecule has 0 unspecified atom stereocenters. The summed E-state index contributed by atoms with van der Waals surface area (Å²) in [7, 11) is -2.02. The molecule has 170 valence electrons. The molecule has 0 aromatic heterocycles. The molecule has 0 atom stereocenters. The van der Waals surface area contributed by atoms with Crippen LogP contribution in [-0.2, 0) is 19.6 Å². The molecule has 4 bridgehead atoms. The lowest BCUT2D eigenvalue weighted by atomic mass is 9.49. The van der Waals surface area contributed by atoms with E-state index in [1.54, 1.807) is 12.1 Å². The molecule has 2 amide bonds. The van der Waals surface area contributed by atoms with Crippen LogP contribution >= 0.6 is 0 Å². The summed E-state index contributed by atoms with van der Waals surface area (Å²) in [5, 5.41) is 5.78. The summed E-state index contributed by atoms with van der Waals surface area (Å²) in [5.41, 5.74) is 0.584. The van der Waals surface area contributed by atoms with Crippen LogP contribution in [0.15, 0.2) is 18.2 Å². The van der Waals surface area contributed by atoms with Gasteiger partial charge in [-0.15, -0.1) is 0 Å². The van der Waals surface area contributed by atoms with Crippen LogP contribution in [0.5, 0.6) is 5.75 Å². The second-order valence-corrected chi connectivity index (χ2v) is 11.3. The van der Waals surface area contributed by atoms with Gasteiger partial charge in [0.15, 0.2) is 0 Å². The van der Waals surface area contributed by atoms with Gasteiger partial charge in [0.1, 0.15) is 5.75 Å². The van der Waals surface area contributed by atoms with Crippen molar-refractivity contribution in [1.82, 2.24) is 5.32 Å². The number of hydrogen-bond donors (Lipinski definition) is 3. The fraction of sp³-hybridized carbons (Fsp3) is 0.636. The molecule has 1 aromatic carbocycles. The normalized spacial score (nSPS) is 28.8. The van der Waals surface area contributed by atoms with E-state index in [0.717, 1.165) is 25.5 Å². The lowest BCUT2D eigenvalue weighted by Crippen LogP contribution is -2.53. The predicted octanol–water partition coefficient (Wildman–Crippen LogP) is 2.73. The van der Waals surface area contributed by atoms with E-state index in [2.05, 4.69) is 15.4 Å². The first kappa shape index (κ1) is 21.9. The monoisotopic (exact) mass is 449 g/mol. The third-order valence-electron chi connectivity index (χ3n) is 6.94. The van der Waals surface area contributed by atoms with Crippen molar-refractivity contribution in [2.24, 2.45) is 23.2 Å². The predicted molar refractivity (Wildman–Crippen MR) is 118 cm³/mol. The maximum absolute atomic E-state index is 13.0. The molecule has 4 aliphatic rings. The topological polar surface area (TPSA) is 114 Å². The quantitative estimate of drug-likeness (QED) is 0.565. The average Bonchev–Trinajstić information content (AvgIpc) is 2.67. The van der Waals surface area contributed by atoms with Gasteiger partial charge in [-0.05, 0) is 68.4 Å². The van der Waals surface area contributed by atoms with Crippen LogP contribution in [0.3, 0.4) is 0 Å². The fourth-order valence-corrected chi connectivity index (χ4v) is 6.71. The zero-order valence-electron chi connectivity index (χ0n) is 18.1. The summed E-state index contributed by atoms with van der Waals surface area (Å²) in [5.74, 6) is 2.31. The van der Waals surface area contributed by atoms with Gasteiger partial charge in [-0.1, -0.05) is 0 Å². The number of carbonyl (C=O) groups excluding carboxylic acids is 2. The van der Waals surface area contributed by atoms with E-state index in [4.69, 9.17) is 4.74 Å². The zero-order chi connectivity index (χ0) is 22.2. The van der Waals surface area contributed by atoms with Crippen molar-refractivity contribution < 1.29 is 22.7 Å². The van der Waals surface area contributed by atoms with Crippen LogP contribution in [0, 0.1) is 23.2 Å². The smallest absolute Gasteiger partial charge is 0.229 e. The number of carbonyl (C=O) groups is 2. The number of hydrogen-bond acceptors (Lipinski definition) is 5. The van der Waals surface area contributed by atoms with Crippen LogP contribution < -0.4 is 20.1 Å². The van der Waals surface area contributed by atoms with E-state index in [0.29, 0.717) is 41.4 Å². The Bertz CT molecular complexity index is 940. The highest BCUT2D eigenvalue weighted by atomic mass is 32.2. The Morgan fingerprint density at radius 3 is 2.26 bits per heavy atom. The van der Waals surface area contributed by atoms with E-state index in [9.17, 15) is 18.0 Å². The summed E-state index contributed by atoms with van der Waals surface area (Å²) in [6.07, 6.45) is 8.11. The first-order chi connectivity index (χ1) is 14.7. The lowest BCUT2D eigenvalue weighted by molar-refractivity contribution is -0.146. The van der Waals surface area contributed by atoms with E-state index < -0.39 is 10.0 Å². The molecule has 8 nitrogen and oxygen atoms in total. The van der Waals surface area contributed by atoms with Crippen molar-refractivity contribution in [2.45, 2.75) is 44.9 Å². The third-order valence-corrected chi connectivity index (χ3v) is 7.53. The van der Waals surface area contributed by atoms with Crippen LogP contribution in [0.2, 0.25) is 0 Å². The summed E-state index contributed by atoms with van der Waals surface area (Å²) in [6.45, 7) is 0.303. The fourth-order valence-electron chi connectivity index (χ4n) is 6.14. The van der Waals surface area contributed by atoms with Crippen molar-refractivity contribution >= 4 is 33.2 Å². The Kier molecular flexibility index (Phi) is 5.89. The van der Waals surface area contributed by atoms with Gasteiger partial charge in [-0.25, -0.2) is 8.42 Å². The highest BCUT2D eigenvalue weighted by molar-refractivity contribution is 7.92.